The average Bonchev–Trinajstić information content (AvgIpc) is 1.79. The molecule has 2 heteroatoms. The van der Waals surface area contributed by atoms with Crippen molar-refractivity contribution in [2.24, 2.45) is 23.2 Å². The first kappa shape index (κ1) is 12.3. The third kappa shape index (κ3) is 2.10. The SMILES string of the molecule is [Br-].[CH2-]C12CC3CC(CC(C3)C1)C2.[Mg+2]. The summed E-state index contributed by atoms with van der Waals surface area (Å²) < 4.78 is 0. The number of rotatable bonds is 0. The maximum absolute atomic E-state index is 4.43. The van der Waals surface area contributed by atoms with E-state index < -0.39 is 0 Å². The van der Waals surface area contributed by atoms with E-state index in [1.165, 1.54) is 19.3 Å². The number of hydrogen-bond acceptors (Lipinski definition) is 0. The minimum Gasteiger partial charge on any atom is -1.00 e. The third-order valence-corrected chi connectivity index (χ3v) is 4.17. The molecule has 0 unspecified atom stereocenters. The molecular weight excluding hydrogens is 236 g/mol. The summed E-state index contributed by atoms with van der Waals surface area (Å²) in [5.74, 6) is 3.25. The fraction of sp³-hybridized carbons (Fsp3) is 0.909. The minimum absolute atomic E-state index is 0. The molecule has 4 bridgehead atoms. The molecular formula is C11H17BrMg. The summed E-state index contributed by atoms with van der Waals surface area (Å²) in [5, 5.41) is 0. The Morgan fingerprint density at radius 1 is 0.846 bits per heavy atom. The average molecular weight is 253 g/mol. The Kier molecular flexibility index (Phi) is 3.80. The molecule has 0 atom stereocenters. The van der Waals surface area contributed by atoms with Crippen LogP contribution in [0.2, 0.25) is 0 Å². The Morgan fingerprint density at radius 2 is 1.15 bits per heavy atom. The molecule has 4 aliphatic carbocycles. The monoisotopic (exact) mass is 252 g/mol. The molecule has 0 amide bonds. The van der Waals surface area contributed by atoms with Crippen LogP contribution in [-0.2, 0) is 0 Å². The van der Waals surface area contributed by atoms with E-state index in [4.69, 9.17) is 0 Å². The van der Waals surface area contributed by atoms with Crippen LogP contribution in [0, 0.1) is 30.1 Å². The Morgan fingerprint density at radius 3 is 1.38 bits per heavy atom. The Balaban J connectivity index is 0.000000422. The van der Waals surface area contributed by atoms with Crippen LogP contribution < -0.4 is 17.0 Å². The molecule has 70 valence electrons. The van der Waals surface area contributed by atoms with E-state index in [0.29, 0.717) is 5.41 Å². The summed E-state index contributed by atoms with van der Waals surface area (Å²) in [4.78, 5) is 0. The van der Waals surface area contributed by atoms with Crippen LogP contribution in [0.1, 0.15) is 38.5 Å². The van der Waals surface area contributed by atoms with Crippen LogP contribution >= 0.6 is 0 Å². The molecule has 4 rings (SSSR count). The van der Waals surface area contributed by atoms with Gasteiger partial charge in [0.15, 0.2) is 0 Å². The number of hydrogen-bond donors (Lipinski definition) is 0. The van der Waals surface area contributed by atoms with Crippen molar-refractivity contribution in [3.63, 3.8) is 0 Å². The molecule has 0 N–H and O–H groups in total. The van der Waals surface area contributed by atoms with E-state index in [9.17, 15) is 0 Å². The zero-order chi connectivity index (χ0) is 7.47. The quantitative estimate of drug-likeness (QED) is 0.409. The zero-order valence-electron chi connectivity index (χ0n) is 8.27. The van der Waals surface area contributed by atoms with Gasteiger partial charge in [-0.3, -0.25) is 0 Å². The first-order chi connectivity index (χ1) is 5.23. The molecule has 0 aliphatic heterocycles. The van der Waals surface area contributed by atoms with Gasteiger partial charge in [-0.25, -0.2) is 0 Å². The van der Waals surface area contributed by atoms with E-state index in [1.54, 1.807) is 19.3 Å². The molecule has 4 aliphatic rings. The molecule has 4 saturated carbocycles. The van der Waals surface area contributed by atoms with Crippen LogP contribution in [0.3, 0.4) is 0 Å². The van der Waals surface area contributed by atoms with Crippen molar-refractivity contribution in [1.29, 1.82) is 0 Å². The molecule has 0 saturated heterocycles. The van der Waals surface area contributed by atoms with Crippen molar-refractivity contribution < 1.29 is 17.0 Å². The van der Waals surface area contributed by atoms with Crippen molar-refractivity contribution in [2.45, 2.75) is 38.5 Å². The molecule has 0 nitrogen and oxygen atoms in total. The zero-order valence-corrected chi connectivity index (χ0v) is 11.3. The van der Waals surface area contributed by atoms with Crippen molar-refractivity contribution in [3.8, 4) is 0 Å². The van der Waals surface area contributed by atoms with Gasteiger partial charge in [-0.15, -0.1) is 0 Å². The van der Waals surface area contributed by atoms with Gasteiger partial charge >= 0.3 is 23.1 Å². The number of halogens is 1. The molecule has 0 radical (unpaired) electrons. The van der Waals surface area contributed by atoms with Crippen LogP contribution in [0.15, 0.2) is 0 Å². The molecule has 0 heterocycles. The van der Waals surface area contributed by atoms with Gasteiger partial charge in [0.25, 0.3) is 0 Å². The fourth-order valence-electron chi connectivity index (χ4n) is 4.29. The Labute approximate surface area is 108 Å². The normalized spacial score (nSPS) is 51.0. The maximum atomic E-state index is 4.43. The van der Waals surface area contributed by atoms with Gasteiger partial charge in [0.1, 0.15) is 0 Å². The Bertz CT molecular complexity index is 155. The standard InChI is InChI=1S/C11H17.BrH.Mg/c1-11-5-8-2-9(6-11)4-10(3-8)7-11;;/h8-10H,1-7H2;1H;/q-1;;+2/p-1. The van der Waals surface area contributed by atoms with Crippen LogP contribution in [0.4, 0.5) is 0 Å². The van der Waals surface area contributed by atoms with Gasteiger partial charge in [0.05, 0.1) is 0 Å². The van der Waals surface area contributed by atoms with Crippen LogP contribution in [0.5, 0.6) is 0 Å². The predicted molar refractivity (Wildman–Crippen MR) is 51.7 cm³/mol. The van der Waals surface area contributed by atoms with Gasteiger partial charge < -0.3 is 23.9 Å². The van der Waals surface area contributed by atoms with Gasteiger partial charge in [-0.2, -0.15) is 5.41 Å². The summed E-state index contributed by atoms with van der Waals surface area (Å²) in [6, 6.07) is 0. The molecule has 4 fully saturated rings. The van der Waals surface area contributed by atoms with E-state index in [1.807, 2.05) is 0 Å². The second-order valence-electron chi connectivity index (χ2n) is 5.42. The second kappa shape index (κ2) is 4.01. The first-order valence-electron chi connectivity index (χ1n) is 5.09. The minimum atomic E-state index is 0. The fourth-order valence-corrected chi connectivity index (χ4v) is 4.29. The van der Waals surface area contributed by atoms with Gasteiger partial charge in [-0.1, -0.05) is 19.3 Å². The van der Waals surface area contributed by atoms with E-state index >= 15 is 0 Å². The van der Waals surface area contributed by atoms with Crippen molar-refractivity contribution in [2.75, 3.05) is 0 Å². The summed E-state index contributed by atoms with van der Waals surface area (Å²) in [6.45, 7) is 4.43. The van der Waals surface area contributed by atoms with Gasteiger partial charge in [0.2, 0.25) is 0 Å². The summed E-state index contributed by atoms with van der Waals surface area (Å²) in [7, 11) is 0. The summed E-state index contributed by atoms with van der Waals surface area (Å²) in [6.07, 6.45) is 9.02. The van der Waals surface area contributed by atoms with Gasteiger partial charge in [-0.05, 0) is 37.0 Å². The van der Waals surface area contributed by atoms with Crippen molar-refractivity contribution in [3.05, 3.63) is 6.92 Å². The van der Waals surface area contributed by atoms with Gasteiger partial charge in [0, 0.05) is 0 Å². The maximum Gasteiger partial charge on any atom is 2.00 e. The van der Waals surface area contributed by atoms with Crippen LogP contribution in [0.25, 0.3) is 0 Å². The summed E-state index contributed by atoms with van der Waals surface area (Å²) >= 11 is 0. The predicted octanol–water partition coefficient (Wildman–Crippen LogP) is -0.340. The second-order valence-corrected chi connectivity index (χ2v) is 5.42. The topological polar surface area (TPSA) is 0 Å². The van der Waals surface area contributed by atoms with E-state index in [0.717, 1.165) is 17.8 Å². The summed E-state index contributed by atoms with van der Waals surface area (Å²) in [5.41, 5.74) is 0.550. The Hall–Kier alpha value is 1.25. The molecule has 0 spiro atoms. The van der Waals surface area contributed by atoms with E-state index in [-0.39, 0.29) is 40.0 Å². The largest absolute Gasteiger partial charge is 2.00 e. The van der Waals surface area contributed by atoms with Crippen molar-refractivity contribution >= 4 is 23.1 Å². The van der Waals surface area contributed by atoms with Crippen molar-refractivity contribution in [1.82, 2.24) is 0 Å². The first-order valence-corrected chi connectivity index (χ1v) is 5.09. The molecule has 13 heavy (non-hydrogen) atoms. The molecule has 0 aromatic rings. The molecule has 0 aromatic heterocycles. The molecule has 0 aromatic carbocycles. The van der Waals surface area contributed by atoms with E-state index in [2.05, 4.69) is 6.92 Å². The third-order valence-electron chi connectivity index (χ3n) is 4.17. The smallest absolute Gasteiger partial charge is 1.00 e. The van der Waals surface area contributed by atoms with Crippen LogP contribution in [-0.4, -0.2) is 23.1 Å².